The molecule has 27 rings (SSSR count). The molecule has 0 unspecified atom stereocenters. The van der Waals surface area contributed by atoms with Gasteiger partial charge in [0.25, 0.3) is 0 Å². The van der Waals surface area contributed by atoms with E-state index in [-0.39, 0.29) is 0 Å². The predicted octanol–water partition coefficient (Wildman–Crippen LogP) is 34.7. The highest BCUT2D eigenvalue weighted by Crippen LogP contribution is 2.44. The van der Waals surface area contributed by atoms with E-state index >= 15 is 0 Å². The van der Waals surface area contributed by atoms with Gasteiger partial charge in [-0.25, -0.2) is 0 Å². The number of aromatic nitrogens is 3. The zero-order valence-corrected chi connectivity index (χ0v) is 70.6. The van der Waals surface area contributed by atoms with Gasteiger partial charge < -0.3 is 13.7 Å². The fourth-order valence-corrected chi connectivity index (χ4v) is 20.5. The lowest BCUT2D eigenvalue weighted by Crippen LogP contribution is -1.93. The fourth-order valence-electron chi connectivity index (χ4n) is 20.5. The van der Waals surface area contributed by atoms with E-state index in [9.17, 15) is 0 Å². The summed E-state index contributed by atoms with van der Waals surface area (Å²) in [5.74, 6) is 0. The molecule has 0 bridgehead atoms. The van der Waals surface area contributed by atoms with Crippen LogP contribution in [0.2, 0.25) is 0 Å². The molecule has 3 heterocycles. The van der Waals surface area contributed by atoms with Gasteiger partial charge in [-0.3, -0.25) is 0 Å². The standard InChI is InChI=1S/3C42H27N/c1-2-11-30-25-34(22-20-28(30)10-1)43-41-19-8-7-18-38(41)40-26-31(21-23-42(40)43)29-13-9-14-32(24-29)39-27-33-12-3-4-15-35(33)36-16-5-6-17-37(36)39;1-2-10-32-26-36(21-18-28(32)8-1)43-41-15-6-5-14-39(41)40-27-34(20-23-42(40)43)31-12-7-11-30(24-31)33-19-22-38-35(25-33)17-16-29-9-3-4-13-37(29)38;1-2-10-33-25-36(22-20-28(33)8-1)43-41-15-6-5-14-38(41)40-27-35(21-23-42(40)43)32-12-7-11-31(24-32)34-19-18-30-17-16-29-9-3-4-13-37(29)39(30)26-34/h3*1-27H. The minimum atomic E-state index is 1.18. The number of rotatable bonds is 9. The lowest BCUT2D eigenvalue weighted by molar-refractivity contribution is 1.19. The Bertz CT molecular complexity index is 9220. The van der Waals surface area contributed by atoms with Crippen LogP contribution in [0.25, 0.3) is 246 Å². The maximum atomic E-state index is 2.40. The average molecular weight is 1640 g/mol. The van der Waals surface area contributed by atoms with Crippen molar-refractivity contribution < 1.29 is 0 Å². The van der Waals surface area contributed by atoms with Gasteiger partial charge in [0.15, 0.2) is 0 Å². The Morgan fingerprint density at radius 1 is 0.101 bits per heavy atom. The van der Waals surface area contributed by atoms with E-state index in [1.54, 1.807) is 0 Å². The number of para-hydroxylation sites is 3. The van der Waals surface area contributed by atoms with Crippen LogP contribution in [0, 0.1) is 0 Å². The van der Waals surface area contributed by atoms with E-state index in [0.29, 0.717) is 0 Å². The minimum Gasteiger partial charge on any atom is -0.309 e. The molecule has 0 aliphatic rings. The summed E-state index contributed by atoms with van der Waals surface area (Å²) in [6.45, 7) is 0. The summed E-state index contributed by atoms with van der Waals surface area (Å²) >= 11 is 0. The molecule has 0 aliphatic heterocycles. The van der Waals surface area contributed by atoms with Gasteiger partial charge in [-0.2, -0.15) is 0 Å². The van der Waals surface area contributed by atoms with Crippen molar-refractivity contribution in [1.29, 1.82) is 0 Å². The van der Waals surface area contributed by atoms with Crippen LogP contribution in [0.3, 0.4) is 0 Å². The summed E-state index contributed by atoms with van der Waals surface area (Å²) in [4.78, 5) is 0. The predicted molar refractivity (Wildman–Crippen MR) is 553 cm³/mol. The third-order valence-corrected chi connectivity index (χ3v) is 26.8. The van der Waals surface area contributed by atoms with Crippen molar-refractivity contribution in [3.05, 3.63) is 491 Å². The first-order valence-electron chi connectivity index (χ1n) is 44.6. The van der Waals surface area contributed by atoms with Crippen LogP contribution >= 0.6 is 0 Å². The van der Waals surface area contributed by atoms with Gasteiger partial charge in [0.2, 0.25) is 0 Å². The van der Waals surface area contributed by atoms with Gasteiger partial charge in [-0.1, -0.05) is 364 Å². The minimum absolute atomic E-state index is 1.18. The van der Waals surface area contributed by atoms with E-state index in [1.165, 1.54) is 246 Å². The molecule has 129 heavy (non-hydrogen) atoms. The van der Waals surface area contributed by atoms with Crippen LogP contribution in [0.1, 0.15) is 0 Å². The van der Waals surface area contributed by atoms with Gasteiger partial charge >= 0.3 is 0 Å². The fraction of sp³-hybridized carbons (Fsp3) is 0. The second-order valence-electron chi connectivity index (χ2n) is 34.2. The van der Waals surface area contributed by atoms with Crippen molar-refractivity contribution in [3.63, 3.8) is 0 Å². The van der Waals surface area contributed by atoms with Gasteiger partial charge in [-0.15, -0.1) is 0 Å². The molecule has 0 saturated carbocycles. The quantitative estimate of drug-likeness (QED) is 0.128. The molecule has 0 atom stereocenters. The number of nitrogens with zero attached hydrogens (tertiary/aromatic N) is 3. The van der Waals surface area contributed by atoms with Crippen molar-refractivity contribution in [3.8, 4) is 83.8 Å². The summed E-state index contributed by atoms with van der Waals surface area (Å²) in [5, 5.41) is 30.6. The summed E-state index contributed by atoms with van der Waals surface area (Å²) in [7, 11) is 0. The van der Waals surface area contributed by atoms with E-state index in [0.717, 1.165) is 0 Å². The average Bonchev–Trinajstić information content (AvgIpc) is 1.57. The van der Waals surface area contributed by atoms with Crippen LogP contribution in [-0.2, 0) is 0 Å². The Hall–Kier alpha value is -17.0. The first kappa shape index (κ1) is 74.6. The molecule has 0 aliphatic carbocycles. The van der Waals surface area contributed by atoms with Crippen molar-refractivity contribution in [1.82, 2.24) is 13.7 Å². The van der Waals surface area contributed by atoms with Crippen molar-refractivity contribution in [2.24, 2.45) is 0 Å². The zero-order valence-electron chi connectivity index (χ0n) is 70.6. The molecular weight excluding hydrogens is 1560 g/mol. The highest BCUT2D eigenvalue weighted by atomic mass is 15.0. The van der Waals surface area contributed by atoms with E-state index in [4.69, 9.17) is 0 Å². The molecule has 600 valence electrons. The van der Waals surface area contributed by atoms with E-state index in [1.807, 2.05) is 0 Å². The summed E-state index contributed by atoms with van der Waals surface area (Å²) < 4.78 is 7.20. The van der Waals surface area contributed by atoms with Gasteiger partial charge in [0, 0.05) is 49.4 Å². The van der Waals surface area contributed by atoms with Crippen molar-refractivity contribution in [2.45, 2.75) is 0 Å². The molecule has 0 amide bonds. The highest BCUT2D eigenvalue weighted by Gasteiger charge is 2.21. The SMILES string of the molecule is c1cc(-c2ccc3c(c2)c2ccccc2n3-c2ccc3ccccc3c2)cc(-c2cc3ccccc3c3ccccc23)c1.c1cc(-c2ccc3c(ccc4ccccc43)c2)cc(-c2ccc3c(c2)c2ccccc2n3-c2ccc3ccccc3c2)c1.c1cc(-c2ccc3ccc4ccccc4c3c2)cc(-c2ccc3c(c2)c2ccccc2n3-c2ccc3ccccc3c2)c1. The van der Waals surface area contributed by atoms with Crippen LogP contribution < -0.4 is 0 Å². The molecule has 27 aromatic rings. The Balaban J connectivity index is 0.000000105. The Labute approximate surface area is 746 Å². The zero-order chi connectivity index (χ0) is 85.0. The number of hydrogen-bond donors (Lipinski definition) is 0. The molecular formula is C126H81N3. The monoisotopic (exact) mass is 1640 g/mol. The molecule has 0 spiro atoms. The van der Waals surface area contributed by atoms with Crippen LogP contribution in [0.4, 0.5) is 0 Å². The van der Waals surface area contributed by atoms with Crippen LogP contribution in [-0.4, -0.2) is 13.7 Å². The molecule has 3 aromatic heterocycles. The molecule has 0 fully saturated rings. The lowest BCUT2D eigenvalue weighted by Gasteiger charge is -2.13. The normalized spacial score (nSPS) is 11.7. The van der Waals surface area contributed by atoms with Crippen LogP contribution in [0.5, 0.6) is 0 Å². The lowest BCUT2D eigenvalue weighted by atomic mass is 9.91. The third kappa shape index (κ3) is 13.1. The summed E-state index contributed by atoms with van der Waals surface area (Å²) in [5.41, 5.74) is 25.7. The number of benzene rings is 24. The second kappa shape index (κ2) is 31.1. The van der Waals surface area contributed by atoms with E-state index in [2.05, 4.69) is 505 Å². The maximum absolute atomic E-state index is 2.40. The van der Waals surface area contributed by atoms with E-state index < -0.39 is 0 Å². The molecule has 3 nitrogen and oxygen atoms in total. The molecule has 0 saturated heterocycles. The highest BCUT2D eigenvalue weighted by molar-refractivity contribution is 6.17. The first-order valence-corrected chi connectivity index (χ1v) is 44.6. The molecule has 0 radical (unpaired) electrons. The van der Waals surface area contributed by atoms with Crippen LogP contribution in [0.15, 0.2) is 491 Å². The van der Waals surface area contributed by atoms with Gasteiger partial charge in [0.1, 0.15) is 0 Å². The Morgan fingerprint density at radius 2 is 0.349 bits per heavy atom. The van der Waals surface area contributed by atoms with Crippen molar-refractivity contribution >= 4 is 162 Å². The van der Waals surface area contributed by atoms with Crippen molar-refractivity contribution in [2.75, 3.05) is 0 Å². The Morgan fingerprint density at radius 3 is 0.783 bits per heavy atom. The smallest absolute Gasteiger partial charge is 0.0541 e. The first-order chi connectivity index (χ1) is 63.9. The maximum Gasteiger partial charge on any atom is 0.0541 e. The second-order valence-corrected chi connectivity index (χ2v) is 34.2. The third-order valence-electron chi connectivity index (χ3n) is 26.8. The van der Waals surface area contributed by atoms with Gasteiger partial charge in [0.05, 0.1) is 33.1 Å². The molecule has 24 aromatic carbocycles. The molecule has 3 heteroatoms. The largest absolute Gasteiger partial charge is 0.309 e. The molecule has 0 N–H and O–H groups in total. The topological polar surface area (TPSA) is 14.8 Å². The van der Waals surface area contributed by atoms with Gasteiger partial charge in [-0.05, 0) is 291 Å². The Kier molecular flexibility index (Phi) is 18.0. The number of fused-ring (bicyclic) bond motifs is 21. The summed E-state index contributed by atoms with van der Waals surface area (Å²) in [6, 6.07) is 180. The summed E-state index contributed by atoms with van der Waals surface area (Å²) in [6.07, 6.45) is 0. The number of hydrogen-bond acceptors (Lipinski definition) is 0.